The van der Waals surface area contributed by atoms with Gasteiger partial charge in [0.15, 0.2) is 0 Å². The summed E-state index contributed by atoms with van der Waals surface area (Å²) in [5.74, 6) is 1.73. The molecular formula is C14H22N2O2S2. The largest absolute Gasteiger partial charge is 0.384 e. The normalized spacial score (nSPS) is 20.8. The average Bonchev–Trinajstić information content (AvgIpc) is 2.45. The van der Waals surface area contributed by atoms with Crippen LogP contribution in [0.1, 0.15) is 20.3 Å². The van der Waals surface area contributed by atoms with E-state index in [1.165, 1.54) is 0 Å². The number of nitrogens with zero attached hydrogens (tertiary/aromatic N) is 1. The van der Waals surface area contributed by atoms with Crippen LogP contribution in [0.2, 0.25) is 0 Å². The van der Waals surface area contributed by atoms with Gasteiger partial charge in [-0.25, -0.2) is 8.42 Å². The van der Waals surface area contributed by atoms with Crippen molar-refractivity contribution in [1.82, 2.24) is 4.31 Å². The van der Waals surface area contributed by atoms with Crippen LogP contribution in [0.3, 0.4) is 0 Å². The van der Waals surface area contributed by atoms with Crippen LogP contribution in [0.25, 0.3) is 0 Å². The lowest BCUT2D eigenvalue weighted by atomic mass is 10.3. The zero-order valence-electron chi connectivity index (χ0n) is 12.0. The summed E-state index contributed by atoms with van der Waals surface area (Å²) in [4.78, 5) is 0.396. The summed E-state index contributed by atoms with van der Waals surface area (Å²) < 4.78 is 27.4. The van der Waals surface area contributed by atoms with Crippen molar-refractivity contribution in [3.8, 4) is 0 Å². The van der Waals surface area contributed by atoms with E-state index in [9.17, 15) is 8.42 Å². The van der Waals surface area contributed by atoms with Gasteiger partial charge in [-0.1, -0.05) is 19.1 Å². The molecule has 1 unspecified atom stereocenters. The first-order chi connectivity index (χ1) is 9.57. The predicted octanol–water partition coefficient (Wildman–Crippen LogP) is 2.63. The fourth-order valence-electron chi connectivity index (χ4n) is 2.29. The number of benzene rings is 1. The molecule has 1 heterocycles. The van der Waals surface area contributed by atoms with Gasteiger partial charge in [0.25, 0.3) is 0 Å². The van der Waals surface area contributed by atoms with Crippen molar-refractivity contribution in [2.24, 2.45) is 0 Å². The van der Waals surface area contributed by atoms with E-state index in [1.807, 2.05) is 30.8 Å². The fourth-order valence-corrected chi connectivity index (χ4v) is 5.32. The van der Waals surface area contributed by atoms with Crippen LogP contribution in [0.5, 0.6) is 0 Å². The highest BCUT2D eigenvalue weighted by Crippen LogP contribution is 2.28. The molecule has 0 saturated carbocycles. The molecule has 1 aliphatic rings. The highest BCUT2D eigenvalue weighted by molar-refractivity contribution is 7.99. The van der Waals surface area contributed by atoms with Crippen molar-refractivity contribution < 1.29 is 8.42 Å². The Labute approximate surface area is 126 Å². The molecule has 0 radical (unpaired) electrons. The Bertz CT molecular complexity index is 546. The molecule has 0 aliphatic carbocycles. The van der Waals surface area contributed by atoms with Gasteiger partial charge in [-0.05, 0) is 25.5 Å². The van der Waals surface area contributed by atoms with Crippen molar-refractivity contribution >= 4 is 27.5 Å². The molecule has 1 saturated heterocycles. The molecule has 20 heavy (non-hydrogen) atoms. The van der Waals surface area contributed by atoms with Gasteiger partial charge >= 0.3 is 0 Å². The number of para-hydroxylation sites is 1. The maximum absolute atomic E-state index is 12.9. The quantitative estimate of drug-likeness (QED) is 0.908. The summed E-state index contributed by atoms with van der Waals surface area (Å²) in [6.07, 6.45) is 0.963. The lowest BCUT2D eigenvalue weighted by Crippen LogP contribution is -2.44. The minimum absolute atomic E-state index is 0.0537. The summed E-state index contributed by atoms with van der Waals surface area (Å²) in [6.45, 7) is 5.41. The van der Waals surface area contributed by atoms with Crippen LogP contribution in [-0.4, -0.2) is 43.4 Å². The van der Waals surface area contributed by atoms with Crippen LogP contribution in [0.4, 0.5) is 5.69 Å². The first-order valence-corrected chi connectivity index (χ1v) is 9.59. The molecule has 0 amide bonds. The van der Waals surface area contributed by atoms with Crippen LogP contribution in [-0.2, 0) is 10.0 Å². The Hall–Kier alpha value is -0.720. The molecule has 112 valence electrons. The Kier molecular flexibility index (Phi) is 5.35. The lowest BCUT2D eigenvalue weighted by Gasteiger charge is -2.32. The topological polar surface area (TPSA) is 49.4 Å². The van der Waals surface area contributed by atoms with Crippen molar-refractivity contribution in [3.63, 3.8) is 0 Å². The van der Waals surface area contributed by atoms with Crippen molar-refractivity contribution in [3.05, 3.63) is 24.3 Å². The summed E-state index contributed by atoms with van der Waals surface area (Å²) in [5.41, 5.74) is 0.708. The number of thioether (sulfide) groups is 1. The summed E-state index contributed by atoms with van der Waals surface area (Å²) in [5, 5.41) is 3.21. The summed E-state index contributed by atoms with van der Waals surface area (Å²) in [7, 11) is -3.41. The number of nitrogens with one attached hydrogen (secondary N) is 1. The number of sulfonamides is 1. The van der Waals surface area contributed by atoms with E-state index < -0.39 is 10.0 Å². The zero-order chi connectivity index (χ0) is 14.6. The molecule has 4 nitrogen and oxygen atoms in total. The Morgan fingerprint density at radius 2 is 2.15 bits per heavy atom. The van der Waals surface area contributed by atoms with Gasteiger partial charge in [-0.15, -0.1) is 0 Å². The molecule has 1 atom stereocenters. The van der Waals surface area contributed by atoms with E-state index in [0.29, 0.717) is 17.1 Å². The molecule has 6 heteroatoms. The third-order valence-corrected chi connectivity index (χ3v) is 6.61. The number of hydrogen-bond acceptors (Lipinski definition) is 4. The smallest absolute Gasteiger partial charge is 0.245 e. The second kappa shape index (κ2) is 6.83. The lowest BCUT2D eigenvalue weighted by molar-refractivity contribution is 0.368. The molecule has 0 aromatic heterocycles. The second-order valence-corrected chi connectivity index (χ2v) is 7.97. The third-order valence-electron chi connectivity index (χ3n) is 3.35. The molecule has 0 bridgehead atoms. The highest BCUT2D eigenvalue weighted by Gasteiger charge is 2.32. The summed E-state index contributed by atoms with van der Waals surface area (Å²) in [6, 6.07) is 7.24. The Morgan fingerprint density at radius 3 is 2.85 bits per heavy atom. The van der Waals surface area contributed by atoms with Gasteiger partial charge in [0.05, 0.1) is 5.69 Å². The average molecular weight is 314 g/mol. The number of rotatable bonds is 5. The molecule has 1 aromatic carbocycles. The van der Waals surface area contributed by atoms with E-state index in [2.05, 4.69) is 12.2 Å². The Morgan fingerprint density at radius 1 is 1.40 bits per heavy atom. The summed E-state index contributed by atoms with van der Waals surface area (Å²) >= 11 is 1.81. The molecule has 0 spiro atoms. The standard InChI is InChI=1S/C14H22N2O2S2/c1-3-8-15-13-6-4-5-7-14(13)20(17,18)16-9-10-19-11-12(16)2/h4-7,12,15H,3,8-11H2,1-2H3. The molecule has 1 fully saturated rings. The van der Waals surface area contributed by atoms with E-state index in [0.717, 1.165) is 24.5 Å². The first kappa shape index (κ1) is 15.7. The molecule has 2 rings (SSSR count). The van der Waals surface area contributed by atoms with Crippen molar-refractivity contribution in [2.75, 3.05) is 29.9 Å². The van der Waals surface area contributed by atoms with E-state index >= 15 is 0 Å². The predicted molar refractivity (Wildman–Crippen MR) is 85.9 cm³/mol. The van der Waals surface area contributed by atoms with Crippen LogP contribution in [0, 0.1) is 0 Å². The van der Waals surface area contributed by atoms with Gasteiger partial charge in [0.1, 0.15) is 4.90 Å². The molecule has 1 aromatic rings. The maximum atomic E-state index is 12.9. The monoisotopic (exact) mass is 314 g/mol. The van der Waals surface area contributed by atoms with Crippen molar-refractivity contribution in [2.45, 2.75) is 31.2 Å². The van der Waals surface area contributed by atoms with Gasteiger partial charge in [0.2, 0.25) is 10.0 Å². The van der Waals surface area contributed by atoms with Crippen molar-refractivity contribution in [1.29, 1.82) is 0 Å². The third kappa shape index (κ3) is 3.30. The molecular weight excluding hydrogens is 292 g/mol. The van der Waals surface area contributed by atoms with Gasteiger partial charge in [-0.2, -0.15) is 16.1 Å². The van der Waals surface area contributed by atoms with Gasteiger partial charge in [0, 0.05) is 30.6 Å². The fraction of sp³-hybridized carbons (Fsp3) is 0.571. The van der Waals surface area contributed by atoms with E-state index in [1.54, 1.807) is 16.4 Å². The number of hydrogen-bond donors (Lipinski definition) is 1. The van der Waals surface area contributed by atoms with Gasteiger partial charge < -0.3 is 5.32 Å². The highest BCUT2D eigenvalue weighted by atomic mass is 32.2. The maximum Gasteiger partial charge on any atom is 0.245 e. The first-order valence-electron chi connectivity index (χ1n) is 7.00. The molecule has 1 N–H and O–H groups in total. The Balaban J connectivity index is 2.33. The zero-order valence-corrected chi connectivity index (χ0v) is 13.6. The SMILES string of the molecule is CCCNc1ccccc1S(=O)(=O)N1CCSCC1C. The van der Waals surface area contributed by atoms with Crippen LogP contribution >= 0.6 is 11.8 Å². The second-order valence-electron chi connectivity index (χ2n) is 4.96. The number of anilines is 1. The van der Waals surface area contributed by atoms with Gasteiger partial charge in [-0.3, -0.25) is 0 Å². The van der Waals surface area contributed by atoms with E-state index in [4.69, 9.17) is 0 Å². The van der Waals surface area contributed by atoms with Crippen LogP contribution < -0.4 is 5.32 Å². The van der Waals surface area contributed by atoms with E-state index in [-0.39, 0.29) is 6.04 Å². The minimum Gasteiger partial charge on any atom is -0.384 e. The van der Waals surface area contributed by atoms with Crippen LogP contribution in [0.15, 0.2) is 29.2 Å². The minimum atomic E-state index is -3.41. The molecule has 1 aliphatic heterocycles.